The third kappa shape index (κ3) is 3.08. The Kier molecular flexibility index (Phi) is 4.05. The van der Waals surface area contributed by atoms with Crippen LogP contribution < -0.4 is 10.9 Å². The number of nitrogens with zero attached hydrogens (tertiary/aromatic N) is 2. The molecule has 0 aliphatic carbocycles. The molecule has 0 amide bonds. The molecule has 0 saturated carbocycles. The van der Waals surface area contributed by atoms with Crippen molar-refractivity contribution in [1.82, 2.24) is 9.38 Å². The zero-order valence-electron chi connectivity index (χ0n) is 11.8. The van der Waals surface area contributed by atoms with Gasteiger partial charge in [-0.3, -0.25) is 9.20 Å². The van der Waals surface area contributed by atoms with Crippen molar-refractivity contribution >= 4 is 34.5 Å². The zero-order chi connectivity index (χ0) is 15.7. The Morgan fingerprint density at radius 1 is 1.18 bits per heavy atom. The summed E-state index contributed by atoms with van der Waals surface area (Å²) >= 11 is 12.0. The van der Waals surface area contributed by atoms with Gasteiger partial charge in [-0.2, -0.15) is 0 Å². The minimum absolute atomic E-state index is 0.161. The van der Waals surface area contributed by atoms with Crippen molar-refractivity contribution < 1.29 is 0 Å². The number of halogens is 2. The lowest BCUT2D eigenvalue weighted by Gasteiger charge is -2.08. The third-order valence-corrected chi connectivity index (χ3v) is 3.95. The predicted molar refractivity (Wildman–Crippen MR) is 90.0 cm³/mol. The van der Waals surface area contributed by atoms with Crippen molar-refractivity contribution in [2.75, 3.05) is 5.32 Å². The summed E-state index contributed by atoms with van der Waals surface area (Å²) in [5.41, 5.74) is 2.96. The van der Waals surface area contributed by atoms with E-state index in [1.165, 1.54) is 10.5 Å². The summed E-state index contributed by atoms with van der Waals surface area (Å²) in [6.45, 7) is 2.39. The first-order chi connectivity index (χ1) is 10.5. The minimum Gasteiger partial charge on any atom is -0.379 e. The van der Waals surface area contributed by atoms with Gasteiger partial charge in [0.25, 0.3) is 5.56 Å². The summed E-state index contributed by atoms with van der Waals surface area (Å²) < 4.78 is 1.43. The quantitative estimate of drug-likeness (QED) is 0.790. The first-order valence-corrected chi connectivity index (χ1v) is 7.46. The molecule has 1 N–H and O–H groups in total. The number of pyridine rings is 1. The topological polar surface area (TPSA) is 46.4 Å². The number of nitrogens with one attached hydrogen (secondary N) is 1. The zero-order valence-corrected chi connectivity index (χ0v) is 13.3. The molecule has 22 heavy (non-hydrogen) atoms. The van der Waals surface area contributed by atoms with Crippen LogP contribution in [0.25, 0.3) is 5.65 Å². The molecule has 0 bridgehead atoms. The lowest BCUT2D eigenvalue weighted by atomic mass is 10.2. The molecular formula is C16H13Cl2N3O. The largest absolute Gasteiger partial charge is 0.379 e. The lowest BCUT2D eigenvalue weighted by Crippen LogP contribution is -2.16. The summed E-state index contributed by atoms with van der Waals surface area (Å²) in [5.74, 6) is 0. The fourth-order valence-corrected chi connectivity index (χ4v) is 2.45. The Labute approximate surface area is 137 Å². The van der Waals surface area contributed by atoms with Gasteiger partial charge in [0.1, 0.15) is 5.65 Å². The van der Waals surface area contributed by atoms with Crippen LogP contribution in [-0.4, -0.2) is 9.38 Å². The molecule has 0 radical (unpaired) electrons. The van der Waals surface area contributed by atoms with E-state index in [0.717, 1.165) is 11.3 Å². The van der Waals surface area contributed by atoms with E-state index in [0.29, 0.717) is 27.9 Å². The van der Waals surface area contributed by atoms with E-state index >= 15 is 0 Å². The first-order valence-electron chi connectivity index (χ1n) is 6.71. The molecule has 0 aliphatic heterocycles. The number of anilines is 1. The van der Waals surface area contributed by atoms with E-state index in [1.807, 2.05) is 25.1 Å². The van der Waals surface area contributed by atoms with Gasteiger partial charge in [0.05, 0.1) is 17.3 Å². The van der Waals surface area contributed by atoms with Crippen LogP contribution in [0.3, 0.4) is 0 Å². The monoisotopic (exact) mass is 333 g/mol. The maximum absolute atomic E-state index is 12.1. The molecule has 4 nitrogen and oxygen atoms in total. The van der Waals surface area contributed by atoms with Crippen LogP contribution in [0.15, 0.2) is 47.4 Å². The van der Waals surface area contributed by atoms with Crippen LogP contribution in [0.4, 0.5) is 5.69 Å². The molecule has 2 heterocycles. The van der Waals surface area contributed by atoms with Gasteiger partial charge in [0.2, 0.25) is 0 Å². The van der Waals surface area contributed by atoms with Gasteiger partial charge in [-0.25, -0.2) is 4.98 Å². The van der Waals surface area contributed by atoms with Gasteiger partial charge in [0, 0.05) is 23.0 Å². The number of rotatable bonds is 3. The van der Waals surface area contributed by atoms with Gasteiger partial charge < -0.3 is 5.32 Å². The highest BCUT2D eigenvalue weighted by Gasteiger charge is 2.04. The van der Waals surface area contributed by atoms with E-state index in [9.17, 15) is 4.79 Å². The highest BCUT2D eigenvalue weighted by Crippen LogP contribution is 2.20. The number of aromatic nitrogens is 2. The summed E-state index contributed by atoms with van der Waals surface area (Å²) in [6.07, 6.45) is 1.56. The summed E-state index contributed by atoms with van der Waals surface area (Å²) in [6, 6.07) is 10.7. The van der Waals surface area contributed by atoms with Crippen molar-refractivity contribution in [3.63, 3.8) is 0 Å². The van der Waals surface area contributed by atoms with Crippen LogP contribution >= 0.6 is 23.2 Å². The highest BCUT2D eigenvalue weighted by molar-refractivity contribution is 6.31. The molecule has 3 rings (SSSR count). The fraction of sp³-hybridized carbons (Fsp3) is 0.125. The average Bonchev–Trinajstić information content (AvgIpc) is 2.49. The van der Waals surface area contributed by atoms with Crippen molar-refractivity contribution in [3.05, 3.63) is 74.3 Å². The second kappa shape index (κ2) is 5.99. The second-order valence-corrected chi connectivity index (χ2v) is 5.82. The van der Waals surface area contributed by atoms with Crippen LogP contribution in [0, 0.1) is 6.92 Å². The van der Waals surface area contributed by atoms with E-state index in [2.05, 4.69) is 10.3 Å². The van der Waals surface area contributed by atoms with Crippen LogP contribution in [0.5, 0.6) is 0 Å². The van der Waals surface area contributed by atoms with Crippen molar-refractivity contribution in [2.24, 2.45) is 0 Å². The Hall–Kier alpha value is -2.04. The molecule has 0 atom stereocenters. The molecule has 112 valence electrons. The van der Waals surface area contributed by atoms with Gasteiger partial charge in [-0.05, 0) is 36.8 Å². The smallest absolute Gasteiger partial charge is 0.258 e. The van der Waals surface area contributed by atoms with E-state index < -0.39 is 0 Å². The van der Waals surface area contributed by atoms with Gasteiger partial charge in [0.15, 0.2) is 0 Å². The van der Waals surface area contributed by atoms with Gasteiger partial charge >= 0.3 is 0 Å². The summed E-state index contributed by atoms with van der Waals surface area (Å²) in [4.78, 5) is 16.5. The maximum atomic E-state index is 12.1. The van der Waals surface area contributed by atoms with Crippen LogP contribution in [-0.2, 0) is 6.54 Å². The minimum atomic E-state index is -0.161. The number of aryl methyl sites for hydroxylation is 1. The first kappa shape index (κ1) is 14.9. The Morgan fingerprint density at radius 3 is 2.77 bits per heavy atom. The molecule has 1 aromatic carbocycles. The molecule has 3 aromatic rings. The van der Waals surface area contributed by atoms with E-state index in [1.54, 1.807) is 18.3 Å². The fourth-order valence-electron chi connectivity index (χ4n) is 2.11. The van der Waals surface area contributed by atoms with Gasteiger partial charge in [-0.15, -0.1) is 0 Å². The number of benzene rings is 1. The molecular weight excluding hydrogens is 321 g/mol. The second-order valence-electron chi connectivity index (χ2n) is 4.98. The average molecular weight is 334 g/mol. The SMILES string of the molecule is Cc1ccc(NCc2cc(=O)n3cc(Cl)ccc3n2)cc1Cl. The standard InChI is InChI=1S/C16H13Cl2N3O/c1-10-2-4-12(6-14(10)18)19-8-13-7-16(22)21-9-11(17)3-5-15(21)20-13/h2-7,9,19H,8H2,1H3. The molecule has 0 unspecified atom stereocenters. The molecule has 0 aliphatic rings. The van der Waals surface area contributed by atoms with E-state index in [-0.39, 0.29) is 5.56 Å². The summed E-state index contributed by atoms with van der Waals surface area (Å²) in [7, 11) is 0. The van der Waals surface area contributed by atoms with Crippen LogP contribution in [0.2, 0.25) is 10.0 Å². The number of hydrogen-bond donors (Lipinski definition) is 1. The lowest BCUT2D eigenvalue weighted by molar-refractivity contribution is 0.971. The third-order valence-electron chi connectivity index (χ3n) is 3.32. The Balaban J connectivity index is 1.86. The highest BCUT2D eigenvalue weighted by atomic mass is 35.5. The van der Waals surface area contributed by atoms with Crippen molar-refractivity contribution in [3.8, 4) is 0 Å². The normalized spacial score (nSPS) is 10.9. The Bertz CT molecular complexity index is 906. The predicted octanol–water partition coefficient (Wildman–Crippen LogP) is 3.92. The molecule has 6 heteroatoms. The van der Waals surface area contributed by atoms with Crippen molar-refractivity contribution in [2.45, 2.75) is 13.5 Å². The number of hydrogen-bond acceptors (Lipinski definition) is 3. The van der Waals surface area contributed by atoms with Crippen molar-refractivity contribution in [1.29, 1.82) is 0 Å². The van der Waals surface area contributed by atoms with Gasteiger partial charge in [-0.1, -0.05) is 29.3 Å². The van der Waals surface area contributed by atoms with Crippen LogP contribution in [0.1, 0.15) is 11.3 Å². The maximum Gasteiger partial charge on any atom is 0.258 e. The Morgan fingerprint density at radius 2 is 2.00 bits per heavy atom. The molecule has 2 aromatic heterocycles. The van der Waals surface area contributed by atoms with E-state index in [4.69, 9.17) is 23.2 Å². The molecule has 0 saturated heterocycles. The number of fused-ring (bicyclic) bond motifs is 1. The molecule has 0 spiro atoms. The molecule has 0 fully saturated rings. The summed E-state index contributed by atoms with van der Waals surface area (Å²) in [5, 5.41) is 4.41.